The Kier molecular flexibility index (Phi) is 6.65. The van der Waals surface area contributed by atoms with Gasteiger partial charge in [-0.25, -0.2) is 4.79 Å². The van der Waals surface area contributed by atoms with E-state index < -0.39 is 50.8 Å². The SMILES string of the molecule is O=PC(=O)CCC(=O)O[C@H](CC(=O)O)C(=O)O. The Hall–Kier alpha value is -1.82. The van der Waals surface area contributed by atoms with Crippen LogP contribution in [0.25, 0.3) is 0 Å². The van der Waals surface area contributed by atoms with E-state index in [0.717, 1.165) is 0 Å². The fraction of sp³-hybridized carbons (Fsp3) is 0.500. The van der Waals surface area contributed by atoms with E-state index in [1.54, 1.807) is 0 Å². The first-order valence-corrected chi connectivity index (χ1v) is 5.18. The lowest BCUT2D eigenvalue weighted by atomic mass is 10.2. The molecule has 0 aromatic heterocycles. The van der Waals surface area contributed by atoms with Crippen LogP contribution in [-0.2, 0) is 28.5 Å². The molecule has 0 rings (SSSR count). The smallest absolute Gasteiger partial charge is 0.345 e. The maximum absolute atomic E-state index is 11.0. The molecule has 0 bridgehead atoms. The summed E-state index contributed by atoms with van der Waals surface area (Å²) in [5.41, 5.74) is -0.730. The second kappa shape index (κ2) is 7.45. The standard InChI is InChI=1S/C8H9O8P/c9-5(10)3-4(8(13)14)16-6(11)1-2-7(12)17-15/h4H,1-3H2,(H,9,10)(H,13,14)/t4-/m1/s1. The van der Waals surface area contributed by atoms with Crippen LogP contribution in [0.4, 0.5) is 0 Å². The average molecular weight is 264 g/mol. The van der Waals surface area contributed by atoms with Crippen LogP contribution in [0.5, 0.6) is 0 Å². The summed E-state index contributed by atoms with van der Waals surface area (Å²) < 4.78 is 14.4. The molecule has 0 aromatic carbocycles. The molecule has 0 heterocycles. The molecule has 8 nitrogen and oxygen atoms in total. The van der Waals surface area contributed by atoms with Crippen LogP contribution in [-0.4, -0.2) is 39.7 Å². The minimum Gasteiger partial charge on any atom is -0.481 e. The van der Waals surface area contributed by atoms with E-state index in [2.05, 4.69) is 4.74 Å². The Balaban J connectivity index is 4.21. The number of carboxylic acid groups (broad SMARTS) is 2. The lowest BCUT2D eigenvalue weighted by molar-refractivity contribution is -0.167. The van der Waals surface area contributed by atoms with Crippen molar-refractivity contribution in [3.05, 3.63) is 0 Å². The number of ether oxygens (including phenoxy) is 1. The van der Waals surface area contributed by atoms with Gasteiger partial charge in [0, 0.05) is 6.42 Å². The summed E-state index contributed by atoms with van der Waals surface area (Å²) in [6.07, 6.45) is -3.46. The normalized spacial score (nSPS) is 11.8. The van der Waals surface area contributed by atoms with E-state index >= 15 is 0 Å². The van der Waals surface area contributed by atoms with Gasteiger partial charge in [0.1, 0.15) is 0 Å². The lowest BCUT2D eigenvalue weighted by Gasteiger charge is -2.10. The molecule has 0 fully saturated rings. The van der Waals surface area contributed by atoms with Crippen LogP contribution < -0.4 is 0 Å². The minimum absolute atomic E-state index is 0.358. The molecule has 0 aliphatic rings. The molecule has 0 unspecified atom stereocenters. The van der Waals surface area contributed by atoms with Crippen LogP contribution >= 0.6 is 8.46 Å². The van der Waals surface area contributed by atoms with Gasteiger partial charge in [-0.3, -0.25) is 18.9 Å². The minimum atomic E-state index is -1.79. The zero-order valence-corrected chi connectivity index (χ0v) is 9.38. The average Bonchev–Trinajstić information content (AvgIpc) is 2.24. The van der Waals surface area contributed by atoms with Crippen LogP contribution in [0.15, 0.2) is 0 Å². The molecule has 0 amide bonds. The third-order valence-corrected chi connectivity index (χ3v) is 1.98. The molecule has 0 saturated carbocycles. The first-order valence-electron chi connectivity index (χ1n) is 4.37. The lowest BCUT2D eigenvalue weighted by Crippen LogP contribution is -2.29. The van der Waals surface area contributed by atoms with Crippen LogP contribution in [0.2, 0.25) is 0 Å². The number of aliphatic carboxylic acids is 2. The van der Waals surface area contributed by atoms with E-state index in [0.29, 0.717) is 0 Å². The van der Waals surface area contributed by atoms with Crippen LogP contribution in [0.1, 0.15) is 19.3 Å². The first kappa shape index (κ1) is 15.2. The van der Waals surface area contributed by atoms with Crippen molar-refractivity contribution >= 4 is 31.9 Å². The Morgan fingerprint density at radius 2 is 1.71 bits per heavy atom. The van der Waals surface area contributed by atoms with Gasteiger partial charge in [0.15, 0.2) is 0 Å². The number of esters is 1. The van der Waals surface area contributed by atoms with Gasteiger partial charge in [0.2, 0.25) is 20.1 Å². The van der Waals surface area contributed by atoms with Crippen molar-refractivity contribution in [2.24, 2.45) is 0 Å². The van der Waals surface area contributed by atoms with Gasteiger partial charge in [-0.1, -0.05) is 0 Å². The third-order valence-electron chi connectivity index (χ3n) is 1.55. The predicted octanol–water partition coefficient (Wildman–Crippen LogP) is 0.0560. The number of carbonyl (C=O) groups is 4. The van der Waals surface area contributed by atoms with Gasteiger partial charge in [0.25, 0.3) is 0 Å². The van der Waals surface area contributed by atoms with Crippen molar-refractivity contribution in [1.29, 1.82) is 0 Å². The molecule has 0 saturated heterocycles. The Bertz CT molecular complexity index is 349. The number of rotatable bonds is 8. The molecule has 2 N–H and O–H groups in total. The molecule has 0 aliphatic heterocycles. The van der Waals surface area contributed by atoms with Crippen molar-refractivity contribution in [1.82, 2.24) is 0 Å². The van der Waals surface area contributed by atoms with Crippen molar-refractivity contribution in [2.45, 2.75) is 25.4 Å². The molecule has 0 aliphatic carbocycles. The summed E-state index contributed by atoms with van der Waals surface area (Å²) in [6.45, 7) is 0. The Labute approximate surface area is 96.8 Å². The Morgan fingerprint density at radius 3 is 2.12 bits per heavy atom. The fourth-order valence-corrected chi connectivity index (χ4v) is 1.01. The topological polar surface area (TPSA) is 135 Å². The van der Waals surface area contributed by atoms with Crippen molar-refractivity contribution < 1.29 is 38.7 Å². The number of carboxylic acids is 2. The van der Waals surface area contributed by atoms with E-state index in [1.165, 1.54) is 0 Å². The molecule has 0 aromatic rings. The quantitative estimate of drug-likeness (QED) is 0.463. The van der Waals surface area contributed by atoms with Gasteiger partial charge < -0.3 is 14.9 Å². The second-order valence-corrected chi connectivity index (χ2v) is 3.58. The van der Waals surface area contributed by atoms with Gasteiger partial charge in [-0.05, 0) is 0 Å². The maximum Gasteiger partial charge on any atom is 0.345 e. The van der Waals surface area contributed by atoms with Crippen molar-refractivity contribution in [3.63, 3.8) is 0 Å². The molecular weight excluding hydrogens is 255 g/mol. The zero-order chi connectivity index (χ0) is 13.4. The molecule has 0 radical (unpaired) electrons. The highest BCUT2D eigenvalue weighted by Gasteiger charge is 2.25. The summed E-state index contributed by atoms with van der Waals surface area (Å²) >= 11 is 0. The first-order chi connectivity index (χ1) is 7.86. The van der Waals surface area contributed by atoms with Gasteiger partial charge >= 0.3 is 17.9 Å². The van der Waals surface area contributed by atoms with E-state index in [9.17, 15) is 23.7 Å². The highest BCUT2D eigenvalue weighted by molar-refractivity contribution is 7.46. The second-order valence-electron chi connectivity index (χ2n) is 2.90. The van der Waals surface area contributed by atoms with E-state index in [1.807, 2.05) is 0 Å². The molecule has 0 spiro atoms. The highest BCUT2D eigenvalue weighted by Crippen LogP contribution is 2.07. The summed E-state index contributed by atoms with van der Waals surface area (Å²) in [5, 5.41) is 16.9. The predicted molar refractivity (Wildman–Crippen MR) is 51.6 cm³/mol. The fourth-order valence-electron chi connectivity index (χ4n) is 0.810. The monoisotopic (exact) mass is 264 g/mol. The van der Waals surface area contributed by atoms with Gasteiger partial charge in [0.05, 0.1) is 12.8 Å². The van der Waals surface area contributed by atoms with Crippen LogP contribution in [0.3, 0.4) is 0 Å². The summed E-state index contributed by atoms with van der Waals surface area (Å²) in [5.74, 6) is -4.05. The number of hydrogen-bond acceptors (Lipinski definition) is 6. The summed E-state index contributed by atoms with van der Waals surface area (Å²) in [4.78, 5) is 42.4. The summed E-state index contributed by atoms with van der Waals surface area (Å²) in [6, 6.07) is 0. The van der Waals surface area contributed by atoms with Gasteiger partial charge in [-0.15, -0.1) is 0 Å². The maximum atomic E-state index is 11.0. The largest absolute Gasteiger partial charge is 0.481 e. The Morgan fingerprint density at radius 1 is 1.12 bits per heavy atom. The van der Waals surface area contributed by atoms with Crippen molar-refractivity contribution in [3.8, 4) is 0 Å². The molecular formula is C8H9O8P. The number of hydrogen-bond donors (Lipinski definition) is 2. The third kappa shape index (κ3) is 7.13. The van der Waals surface area contributed by atoms with E-state index in [4.69, 9.17) is 10.2 Å². The molecule has 1 atom stereocenters. The zero-order valence-electron chi connectivity index (χ0n) is 8.49. The molecule has 9 heteroatoms. The molecule has 94 valence electrons. The molecule has 17 heavy (non-hydrogen) atoms. The number of carbonyl (C=O) groups excluding carboxylic acids is 2. The highest BCUT2D eigenvalue weighted by atomic mass is 31.1. The van der Waals surface area contributed by atoms with Gasteiger partial charge in [-0.2, -0.15) is 0 Å². The van der Waals surface area contributed by atoms with Crippen LogP contribution in [0, 0.1) is 0 Å². The summed E-state index contributed by atoms with van der Waals surface area (Å²) in [7, 11) is -0.746. The van der Waals surface area contributed by atoms with Crippen molar-refractivity contribution in [2.75, 3.05) is 0 Å². The van der Waals surface area contributed by atoms with E-state index in [-0.39, 0.29) is 6.42 Å².